The van der Waals surface area contributed by atoms with Crippen LogP contribution in [-0.4, -0.2) is 44.0 Å². The van der Waals surface area contributed by atoms with Gasteiger partial charge in [-0.1, -0.05) is 89.1 Å². The lowest BCUT2D eigenvalue weighted by molar-refractivity contribution is -0.139. The van der Waals surface area contributed by atoms with E-state index in [0.717, 1.165) is 23.1 Å². The van der Waals surface area contributed by atoms with Crippen molar-refractivity contribution in [1.82, 2.24) is 15.1 Å². The van der Waals surface area contributed by atoms with E-state index in [0.29, 0.717) is 6.42 Å². The first-order valence-electron chi connectivity index (χ1n) is 12.1. The van der Waals surface area contributed by atoms with E-state index in [2.05, 4.69) is 15.5 Å². The van der Waals surface area contributed by atoms with Crippen LogP contribution in [0.15, 0.2) is 66.9 Å². The molecule has 0 aliphatic carbocycles. The fourth-order valence-electron chi connectivity index (χ4n) is 4.48. The molecule has 8 nitrogen and oxygen atoms in total. The highest BCUT2D eigenvalue weighted by Gasteiger charge is 2.43. The molecular formula is C28H34N4O4. The molecule has 0 fully saturated rings. The minimum absolute atomic E-state index is 0.239. The maximum atomic E-state index is 13.4. The molecular weight excluding hydrogens is 456 g/mol. The van der Waals surface area contributed by atoms with Crippen molar-refractivity contribution in [2.24, 2.45) is 5.41 Å². The molecule has 0 aliphatic rings. The lowest BCUT2D eigenvalue weighted by Gasteiger charge is -2.42. The second-order valence-electron chi connectivity index (χ2n) is 9.90. The van der Waals surface area contributed by atoms with Crippen LogP contribution < -0.4 is 5.32 Å². The van der Waals surface area contributed by atoms with Gasteiger partial charge in [-0.05, 0) is 34.6 Å². The summed E-state index contributed by atoms with van der Waals surface area (Å²) in [5.41, 5.74) is 2.14. The second kappa shape index (κ2) is 11.7. The molecule has 0 saturated carbocycles. The number of carboxylic acid groups (broad SMARTS) is 1. The minimum atomic E-state index is -1.25. The number of Topliss-reactive ketones (excluding diaryl/α,β-unsaturated/α-hetero) is 1. The number of anilines is 1. The van der Waals surface area contributed by atoms with Gasteiger partial charge in [0.25, 0.3) is 5.91 Å². The third kappa shape index (κ3) is 6.38. The van der Waals surface area contributed by atoms with Crippen molar-refractivity contribution in [2.45, 2.75) is 59.0 Å². The smallest absolute Gasteiger partial charge is 0.408 e. The summed E-state index contributed by atoms with van der Waals surface area (Å²) in [5.74, 6) is -1.40. The number of hydrogen-bond acceptors (Lipinski definition) is 4. The zero-order chi connectivity index (χ0) is 26.3. The third-order valence-electron chi connectivity index (χ3n) is 6.07. The molecule has 0 radical (unpaired) electrons. The normalized spacial score (nSPS) is 13.0. The predicted octanol–water partition coefficient (Wildman–Crippen LogP) is 5.91. The van der Waals surface area contributed by atoms with Gasteiger partial charge in [0, 0.05) is 6.07 Å². The van der Waals surface area contributed by atoms with Crippen molar-refractivity contribution in [3.05, 3.63) is 72.4 Å². The van der Waals surface area contributed by atoms with E-state index in [9.17, 15) is 19.5 Å². The number of ketones is 1. The molecule has 1 heterocycles. The zero-order valence-corrected chi connectivity index (χ0v) is 21.2. The lowest BCUT2D eigenvalue weighted by Crippen LogP contribution is -2.52. The van der Waals surface area contributed by atoms with Gasteiger partial charge in [-0.3, -0.25) is 19.6 Å². The van der Waals surface area contributed by atoms with E-state index in [-0.39, 0.29) is 12.2 Å². The van der Waals surface area contributed by atoms with E-state index >= 15 is 0 Å². The van der Waals surface area contributed by atoms with Crippen LogP contribution in [0, 0.1) is 5.41 Å². The Bertz CT molecular complexity index is 1170. The summed E-state index contributed by atoms with van der Waals surface area (Å²) in [6.07, 6.45) is 1.79. The highest BCUT2D eigenvalue weighted by Crippen LogP contribution is 2.41. The molecule has 3 rings (SSSR count). The molecule has 190 valence electrons. The molecule has 0 aliphatic heterocycles. The summed E-state index contributed by atoms with van der Waals surface area (Å²) >= 11 is 0. The number of aromatic nitrogens is 2. The number of rotatable bonds is 10. The molecule has 0 saturated heterocycles. The van der Waals surface area contributed by atoms with Crippen molar-refractivity contribution in [3.63, 3.8) is 0 Å². The number of carbonyl (C=O) groups is 3. The van der Waals surface area contributed by atoms with E-state index in [1.807, 2.05) is 82.3 Å². The van der Waals surface area contributed by atoms with Crippen LogP contribution in [0.1, 0.15) is 58.6 Å². The molecule has 0 spiro atoms. The van der Waals surface area contributed by atoms with Crippen LogP contribution in [0.2, 0.25) is 0 Å². The molecule has 3 N–H and O–H groups in total. The number of nitrogens with one attached hydrogen (secondary N) is 2. The van der Waals surface area contributed by atoms with Crippen LogP contribution in [0.4, 0.5) is 10.6 Å². The van der Waals surface area contributed by atoms with Crippen LogP contribution in [0.5, 0.6) is 0 Å². The number of amides is 2. The first-order valence-corrected chi connectivity index (χ1v) is 12.1. The zero-order valence-electron chi connectivity index (χ0n) is 21.2. The molecule has 36 heavy (non-hydrogen) atoms. The van der Waals surface area contributed by atoms with Crippen LogP contribution in [0.25, 0.3) is 11.1 Å². The monoisotopic (exact) mass is 490 g/mol. The minimum Gasteiger partial charge on any atom is -0.465 e. The predicted molar refractivity (Wildman–Crippen MR) is 139 cm³/mol. The average Bonchev–Trinajstić information content (AvgIpc) is 3.36. The van der Waals surface area contributed by atoms with Crippen molar-refractivity contribution in [1.29, 1.82) is 0 Å². The number of aromatic amines is 1. The van der Waals surface area contributed by atoms with Gasteiger partial charge in [0.05, 0.1) is 12.2 Å². The Kier molecular flexibility index (Phi) is 8.64. The molecule has 0 unspecified atom stereocenters. The van der Waals surface area contributed by atoms with Crippen LogP contribution >= 0.6 is 0 Å². The fraction of sp³-hybridized carbons (Fsp3) is 0.357. The van der Waals surface area contributed by atoms with Crippen LogP contribution in [-0.2, 0) is 9.59 Å². The second-order valence-corrected chi connectivity index (χ2v) is 9.90. The Balaban J connectivity index is 2.05. The molecule has 2 aromatic carbocycles. The Morgan fingerprint density at radius 2 is 1.72 bits per heavy atom. The Hall–Kier alpha value is -3.94. The van der Waals surface area contributed by atoms with Crippen molar-refractivity contribution < 1.29 is 19.5 Å². The quantitative estimate of drug-likeness (QED) is 0.306. The number of benzene rings is 2. The van der Waals surface area contributed by atoms with Gasteiger partial charge >= 0.3 is 6.09 Å². The summed E-state index contributed by atoms with van der Waals surface area (Å²) in [7, 11) is 0. The van der Waals surface area contributed by atoms with Gasteiger partial charge in [-0.2, -0.15) is 5.10 Å². The van der Waals surface area contributed by atoms with Crippen molar-refractivity contribution >= 4 is 23.6 Å². The molecule has 2 atom stereocenters. The van der Waals surface area contributed by atoms with E-state index in [1.165, 1.54) is 17.2 Å². The largest absolute Gasteiger partial charge is 0.465 e. The van der Waals surface area contributed by atoms with E-state index in [1.54, 1.807) is 0 Å². The first kappa shape index (κ1) is 26.7. The van der Waals surface area contributed by atoms with Gasteiger partial charge in [0.2, 0.25) is 5.78 Å². The molecule has 8 heteroatoms. The van der Waals surface area contributed by atoms with Gasteiger partial charge in [-0.15, -0.1) is 0 Å². The Morgan fingerprint density at radius 1 is 1.03 bits per heavy atom. The highest BCUT2D eigenvalue weighted by atomic mass is 16.4. The maximum Gasteiger partial charge on any atom is 0.408 e. The average molecular weight is 491 g/mol. The number of unbranched alkanes of at least 4 members (excludes halogenated alkanes) is 1. The van der Waals surface area contributed by atoms with E-state index in [4.69, 9.17) is 0 Å². The molecule has 1 aromatic heterocycles. The van der Waals surface area contributed by atoms with Gasteiger partial charge in [0.1, 0.15) is 11.9 Å². The number of hydrogen-bond donors (Lipinski definition) is 3. The van der Waals surface area contributed by atoms with Gasteiger partial charge < -0.3 is 10.4 Å². The topological polar surface area (TPSA) is 115 Å². The summed E-state index contributed by atoms with van der Waals surface area (Å²) < 4.78 is 0. The van der Waals surface area contributed by atoms with Crippen LogP contribution in [0.3, 0.4) is 0 Å². The first-order chi connectivity index (χ1) is 17.1. The number of nitrogens with zero attached hydrogens (tertiary/aromatic N) is 2. The fourth-order valence-corrected chi connectivity index (χ4v) is 4.48. The molecule has 2 amide bonds. The maximum absolute atomic E-state index is 13.4. The highest BCUT2D eigenvalue weighted by molar-refractivity contribution is 6.42. The Morgan fingerprint density at radius 3 is 2.31 bits per heavy atom. The third-order valence-corrected chi connectivity index (χ3v) is 6.07. The van der Waals surface area contributed by atoms with Gasteiger partial charge in [0.15, 0.2) is 0 Å². The lowest BCUT2D eigenvalue weighted by atomic mass is 9.79. The van der Waals surface area contributed by atoms with Crippen molar-refractivity contribution in [2.75, 3.05) is 5.32 Å². The van der Waals surface area contributed by atoms with Gasteiger partial charge in [-0.25, -0.2) is 4.79 Å². The SMILES string of the molecule is CCCC[C@@H](C(=O)C(=O)Nc1ccn[nH]1)N(C(=O)O)[C@H](c1cccc(-c2ccccc2)c1)C(C)(C)C. The Labute approximate surface area is 211 Å². The number of carbonyl (C=O) groups excluding carboxylic acids is 2. The summed E-state index contributed by atoms with van der Waals surface area (Å²) in [5, 5.41) is 19.3. The van der Waals surface area contributed by atoms with Crippen molar-refractivity contribution in [3.8, 4) is 11.1 Å². The summed E-state index contributed by atoms with van der Waals surface area (Å²) in [6, 6.07) is 17.2. The standard InChI is InChI=1S/C28H34N4O4/c1-5-6-15-22(24(33)26(34)30-23-16-17-29-31-23)32(27(35)36)25(28(2,3)4)21-14-10-13-20(18-21)19-11-8-7-9-12-19/h7-14,16-18,22,25H,5-6,15H2,1-4H3,(H,35,36)(H2,29,30,31,34)/t22-,25+/m0/s1. The molecule has 0 bridgehead atoms. The summed E-state index contributed by atoms with van der Waals surface area (Å²) in [4.78, 5) is 40.2. The molecule has 3 aromatic rings. The summed E-state index contributed by atoms with van der Waals surface area (Å²) in [6.45, 7) is 7.78. The van der Waals surface area contributed by atoms with E-state index < -0.39 is 35.3 Å². The number of H-pyrrole nitrogens is 1.